The van der Waals surface area contributed by atoms with Crippen molar-refractivity contribution in [2.45, 2.75) is 6.42 Å². The Bertz CT molecular complexity index is 765. The molecule has 26 heavy (non-hydrogen) atoms. The molecule has 0 unspecified atom stereocenters. The maximum atomic E-state index is 12.4. The van der Waals surface area contributed by atoms with Crippen LogP contribution in [0.4, 0.5) is 0 Å². The third-order valence-corrected chi connectivity index (χ3v) is 3.73. The number of carbonyl (C=O) groups is 2. The summed E-state index contributed by atoms with van der Waals surface area (Å²) in [5, 5.41) is 9.25. The molecule has 0 saturated carbocycles. The second-order valence-corrected chi connectivity index (χ2v) is 6.03. The Morgan fingerprint density at radius 3 is 2.46 bits per heavy atom. The van der Waals surface area contributed by atoms with Gasteiger partial charge in [-0.3, -0.25) is 4.79 Å². The topological polar surface area (TPSA) is 76.1 Å². The third kappa shape index (κ3) is 6.29. The molecular weight excluding hydrogens is 358 g/mol. The number of ether oxygens (including phenoxy) is 2. The lowest BCUT2D eigenvalue weighted by Crippen LogP contribution is -2.28. The Balaban J connectivity index is 1.81. The molecule has 0 aliphatic rings. The molecule has 1 amide bonds. The van der Waals surface area contributed by atoms with E-state index in [-0.39, 0.29) is 5.91 Å². The highest BCUT2D eigenvalue weighted by molar-refractivity contribution is 6.30. The fraction of sp³-hybridized carbons (Fsp3) is 0.263. The van der Waals surface area contributed by atoms with Gasteiger partial charge in [-0.2, -0.15) is 0 Å². The fourth-order valence-electron chi connectivity index (χ4n) is 2.23. The number of hydrogen-bond donors (Lipinski definition) is 1. The first-order chi connectivity index (χ1) is 12.5. The predicted octanol–water partition coefficient (Wildman–Crippen LogP) is 3.34. The predicted molar refractivity (Wildman–Crippen MR) is 98.1 cm³/mol. The fourth-order valence-corrected chi connectivity index (χ4v) is 2.41. The van der Waals surface area contributed by atoms with Crippen molar-refractivity contribution in [3.8, 4) is 11.5 Å². The minimum Gasteiger partial charge on any atom is -0.493 e. The molecule has 0 fully saturated rings. The van der Waals surface area contributed by atoms with Gasteiger partial charge in [0.1, 0.15) is 11.5 Å². The van der Waals surface area contributed by atoms with Gasteiger partial charge in [0.15, 0.2) is 6.61 Å². The molecule has 0 aromatic heterocycles. The molecule has 0 saturated heterocycles. The van der Waals surface area contributed by atoms with E-state index in [9.17, 15) is 9.59 Å². The van der Waals surface area contributed by atoms with E-state index >= 15 is 0 Å². The number of amides is 1. The quantitative estimate of drug-likeness (QED) is 0.678. The highest BCUT2D eigenvalue weighted by Gasteiger charge is 2.12. The molecule has 0 atom stereocenters. The number of rotatable bonds is 9. The molecule has 7 heteroatoms. The Labute approximate surface area is 156 Å². The second-order valence-electron chi connectivity index (χ2n) is 5.60. The summed E-state index contributed by atoms with van der Waals surface area (Å²) >= 11 is 5.89. The molecule has 138 valence electrons. The minimum atomic E-state index is -1.07. The smallest absolute Gasteiger partial charge is 0.341 e. The first kappa shape index (κ1) is 19.6. The molecule has 0 aliphatic carbocycles. The van der Waals surface area contributed by atoms with E-state index in [4.69, 9.17) is 26.2 Å². The number of hydrogen-bond acceptors (Lipinski definition) is 4. The summed E-state index contributed by atoms with van der Waals surface area (Å²) in [6.45, 7) is 0.521. The number of nitrogens with zero attached hydrogens (tertiary/aromatic N) is 1. The molecule has 2 aromatic rings. The van der Waals surface area contributed by atoms with Crippen molar-refractivity contribution in [3.05, 3.63) is 59.1 Å². The Morgan fingerprint density at radius 2 is 1.77 bits per heavy atom. The van der Waals surface area contributed by atoms with Gasteiger partial charge in [-0.05, 0) is 42.8 Å². The van der Waals surface area contributed by atoms with Gasteiger partial charge >= 0.3 is 5.97 Å². The number of halogens is 1. The van der Waals surface area contributed by atoms with Crippen molar-refractivity contribution in [3.63, 3.8) is 0 Å². The summed E-state index contributed by atoms with van der Waals surface area (Å²) in [6, 6.07) is 13.6. The normalized spacial score (nSPS) is 10.2. The van der Waals surface area contributed by atoms with Crippen molar-refractivity contribution in [1.29, 1.82) is 0 Å². The maximum absolute atomic E-state index is 12.4. The van der Waals surface area contributed by atoms with E-state index in [2.05, 4.69) is 0 Å². The van der Waals surface area contributed by atoms with Crippen LogP contribution in [0.2, 0.25) is 5.02 Å². The van der Waals surface area contributed by atoms with Gasteiger partial charge < -0.3 is 19.5 Å². The summed E-state index contributed by atoms with van der Waals surface area (Å²) in [7, 11) is 1.70. The van der Waals surface area contributed by atoms with E-state index in [1.165, 1.54) is 6.07 Å². The van der Waals surface area contributed by atoms with Crippen molar-refractivity contribution in [2.24, 2.45) is 0 Å². The second kappa shape index (κ2) is 9.68. The van der Waals surface area contributed by atoms with Crippen LogP contribution in [0.15, 0.2) is 48.5 Å². The van der Waals surface area contributed by atoms with E-state index in [1.54, 1.807) is 42.3 Å². The average molecular weight is 378 g/mol. The average Bonchev–Trinajstić information content (AvgIpc) is 2.63. The molecule has 0 spiro atoms. The van der Waals surface area contributed by atoms with Crippen LogP contribution in [0.25, 0.3) is 0 Å². The first-order valence-electron chi connectivity index (χ1n) is 8.04. The molecule has 1 N–H and O–H groups in total. The van der Waals surface area contributed by atoms with Crippen LogP contribution in [0, 0.1) is 0 Å². The van der Waals surface area contributed by atoms with Crippen molar-refractivity contribution >= 4 is 23.5 Å². The Morgan fingerprint density at radius 1 is 1.08 bits per heavy atom. The molecule has 0 heterocycles. The molecule has 2 aromatic carbocycles. The van der Waals surface area contributed by atoms with Gasteiger partial charge in [0.05, 0.1) is 6.61 Å². The van der Waals surface area contributed by atoms with E-state index in [1.807, 2.05) is 12.1 Å². The van der Waals surface area contributed by atoms with Gasteiger partial charge in [-0.1, -0.05) is 23.7 Å². The van der Waals surface area contributed by atoms with Crippen LogP contribution in [0.3, 0.4) is 0 Å². The maximum Gasteiger partial charge on any atom is 0.341 e. The van der Waals surface area contributed by atoms with Gasteiger partial charge in [-0.25, -0.2) is 4.79 Å². The molecule has 0 bridgehead atoms. The van der Waals surface area contributed by atoms with Crippen molar-refractivity contribution in [2.75, 3.05) is 26.8 Å². The lowest BCUT2D eigenvalue weighted by atomic mass is 10.2. The van der Waals surface area contributed by atoms with Gasteiger partial charge in [0, 0.05) is 24.2 Å². The zero-order valence-corrected chi connectivity index (χ0v) is 15.1. The summed E-state index contributed by atoms with van der Waals surface area (Å²) in [5.74, 6) is -0.210. The molecule has 2 rings (SSSR count). The zero-order chi connectivity index (χ0) is 18.9. The van der Waals surface area contributed by atoms with Crippen LogP contribution in [-0.2, 0) is 4.79 Å². The summed E-state index contributed by atoms with van der Waals surface area (Å²) in [4.78, 5) is 24.6. The van der Waals surface area contributed by atoms with Gasteiger partial charge in [0.2, 0.25) is 0 Å². The minimum absolute atomic E-state index is 0.173. The van der Waals surface area contributed by atoms with Crippen LogP contribution in [0.1, 0.15) is 16.8 Å². The standard InChI is InChI=1S/C19H20ClNO5/c1-21(9-4-10-25-17-8-3-6-15(20)12-17)19(24)14-5-2-7-16(11-14)26-13-18(22)23/h2-3,5-8,11-12H,4,9-10,13H2,1H3,(H,22,23). The van der Waals surface area contributed by atoms with Crippen LogP contribution < -0.4 is 9.47 Å². The largest absolute Gasteiger partial charge is 0.493 e. The Hall–Kier alpha value is -2.73. The first-order valence-corrected chi connectivity index (χ1v) is 8.42. The SMILES string of the molecule is CN(CCCOc1cccc(Cl)c1)C(=O)c1cccc(OCC(=O)O)c1. The lowest BCUT2D eigenvalue weighted by Gasteiger charge is -2.18. The highest BCUT2D eigenvalue weighted by Crippen LogP contribution is 2.17. The number of aliphatic carboxylic acids is 1. The monoisotopic (exact) mass is 377 g/mol. The number of carboxylic acid groups (broad SMARTS) is 1. The third-order valence-electron chi connectivity index (χ3n) is 3.49. The summed E-state index contributed by atoms with van der Waals surface area (Å²) in [5.41, 5.74) is 0.436. The van der Waals surface area contributed by atoms with E-state index in [0.29, 0.717) is 41.7 Å². The number of carboxylic acids is 1. The van der Waals surface area contributed by atoms with Crippen molar-refractivity contribution in [1.82, 2.24) is 4.90 Å². The van der Waals surface area contributed by atoms with Crippen LogP contribution in [-0.4, -0.2) is 48.7 Å². The van der Waals surface area contributed by atoms with Gasteiger partial charge in [-0.15, -0.1) is 0 Å². The molecule has 0 aliphatic heterocycles. The van der Waals surface area contributed by atoms with Crippen molar-refractivity contribution < 1.29 is 24.2 Å². The molecule has 0 radical (unpaired) electrons. The highest BCUT2D eigenvalue weighted by atomic mass is 35.5. The molecule has 6 nitrogen and oxygen atoms in total. The Kier molecular flexibility index (Phi) is 7.29. The summed E-state index contributed by atoms with van der Waals surface area (Å²) < 4.78 is 10.7. The van der Waals surface area contributed by atoms with Crippen LogP contribution >= 0.6 is 11.6 Å². The lowest BCUT2D eigenvalue weighted by molar-refractivity contribution is -0.139. The molecular formula is C19H20ClNO5. The van der Waals surface area contributed by atoms with Gasteiger partial charge in [0.25, 0.3) is 5.91 Å². The summed E-state index contributed by atoms with van der Waals surface area (Å²) in [6.07, 6.45) is 0.657. The van der Waals surface area contributed by atoms with Crippen LogP contribution in [0.5, 0.6) is 11.5 Å². The van der Waals surface area contributed by atoms with E-state index < -0.39 is 12.6 Å². The zero-order valence-electron chi connectivity index (χ0n) is 14.4. The number of carbonyl (C=O) groups excluding carboxylic acids is 1. The van der Waals surface area contributed by atoms with E-state index in [0.717, 1.165) is 0 Å². The number of benzene rings is 2.